The maximum absolute atomic E-state index is 12.2. The van der Waals surface area contributed by atoms with Gasteiger partial charge in [0.1, 0.15) is 0 Å². The minimum atomic E-state index is -0.394. The smallest absolute Gasteiger partial charge is 0.337 e. The predicted molar refractivity (Wildman–Crippen MR) is 93.6 cm³/mol. The zero-order valence-corrected chi connectivity index (χ0v) is 13.9. The summed E-state index contributed by atoms with van der Waals surface area (Å²) in [4.78, 5) is 23.5. The van der Waals surface area contributed by atoms with Crippen LogP contribution in [0.4, 0.5) is 5.69 Å². The first kappa shape index (κ1) is 17.1. The van der Waals surface area contributed by atoms with Gasteiger partial charge in [0, 0.05) is 11.4 Å². The highest BCUT2D eigenvalue weighted by Crippen LogP contribution is 2.19. The van der Waals surface area contributed by atoms with E-state index >= 15 is 0 Å². The van der Waals surface area contributed by atoms with Gasteiger partial charge in [0.25, 0.3) is 0 Å². The van der Waals surface area contributed by atoms with Crippen LogP contribution in [-0.2, 0) is 15.3 Å². The van der Waals surface area contributed by atoms with Crippen molar-refractivity contribution in [1.82, 2.24) is 0 Å². The Morgan fingerprint density at radius 1 is 1.09 bits per heavy atom. The standard InChI is InChI=1S/C18H19NO3S/c1-13(23-12-14-6-4-3-5-7-14)17(20)19-16-10-8-15(9-11-16)18(21)22-2/h3-11,13H,12H2,1-2H3,(H,19,20)/t13-/m0/s1. The molecule has 0 spiro atoms. The van der Waals surface area contributed by atoms with Gasteiger partial charge in [0.2, 0.25) is 5.91 Å². The maximum atomic E-state index is 12.2. The van der Waals surface area contributed by atoms with Crippen LogP contribution in [0.25, 0.3) is 0 Å². The summed E-state index contributed by atoms with van der Waals surface area (Å²) in [6.45, 7) is 1.88. The number of hydrogen-bond acceptors (Lipinski definition) is 4. The lowest BCUT2D eigenvalue weighted by Gasteiger charge is -2.12. The van der Waals surface area contributed by atoms with Crippen molar-refractivity contribution in [2.45, 2.75) is 17.9 Å². The first-order valence-electron chi connectivity index (χ1n) is 7.25. The van der Waals surface area contributed by atoms with Crippen LogP contribution in [0.2, 0.25) is 0 Å². The number of amides is 1. The fourth-order valence-corrected chi connectivity index (χ4v) is 2.77. The van der Waals surface area contributed by atoms with Crippen molar-refractivity contribution < 1.29 is 14.3 Å². The minimum Gasteiger partial charge on any atom is -0.465 e. The van der Waals surface area contributed by atoms with Crippen molar-refractivity contribution in [1.29, 1.82) is 0 Å². The third kappa shape index (κ3) is 5.14. The summed E-state index contributed by atoms with van der Waals surface area (Å²) < 4.78 is 4.64. The Hall–Kier alpha value is -2.27. The van der Waals surface area contributed by atoms with Crippen molar-refractivity contribution in [2.24, 2.45) is 0 Å². The van der Waals surface area contributed by atoms with Gasteiger partial charge in [0.05, 0.1) is 17.9 Å². The topological polar surface area (TPSA) is 55.4 Å². The molecule has 2 rings (SSSR count). The van der Waals surface area contributed by atoms with Crippen LogP contribution in [0, 0.1) is 0 Å². The monoisotopic (exact) mass is 329 g/mol. The first-order chi connectivity index (χ1) is 11.1. The number of carbonyl (C=O) groups is 2. The lowest BCUT2D eigenvalue weighted by Crippen LogP contribution is -2.22. The van der Waals surface area contributed by atoms with Crippen LogP contribution in [0.3, 0.4) is 0 Å². The Morgan fingerprint density at radius 2 is 1.74 bits per heavy atom. The van der Waals surface area contributed by atoms with E-state index in [1.165, 1.54) is 12.7 Å². The van der Waals surface area contributed by atoms with Gasteiger partial charge in [-0.25, -0.2) is 4.79 Å². The molecule has 0 saturated heterocycles. The molecule has 0 radical (unpaired) electrons. The predicted octanol–water partition coefficient (Wildman–Crippen LogP) is 3.73. The Bertz CT molecular complexity index is 656. The second kappa shape index (κ2) is 8.39. The number of carbonyl (C=O) groups excluding carboxylic acids is 2. The van der Waals surface area contributed by atoms with E-state index in [1.54, 1.807) is 36.0 Å². The quantitative estimate of drug-likeness (QED) is 0.820. The number of benzene rings is 2. The molecular formula is C18H19NO3S. The molecule has 0 aromatic heterocycles. The summed E-state index contributed by atoms with van der Waals surface area (Å²) >= 11 is 1.58. The molecule has 0 fully saturated rings. The summed E-state index contributed by atoms with van der Waals surface area (Å²) in [7, 11) is 1.34. The Balaban J connectivity index is 1.86. The van der Waals surface area contributed by atoms with Crippen molar-refractivity contribution in [2.75, 3.05) is 12.4 Å². The highest BCUT2D eigenvalue weighted by atomic mass is 32.2. The zero-order valence-electron chi connectivity index (χ0n) is 13.1. The number of hydrogen-bond donors (Lipinski definition) is 1. The lowest BCUT2D eigenvalue weighted by atomic mass is 10.2. The lowest BCUT2D eigenvalue weighted by molar-refractivity contribution is -0.115. The number of rotatable bonds is 6. The van der Waals surface area contributed by atoms with Crippen LogP contribution in [0.5, 0.6) is 0 Å². The summed E-state index contributed by atoms with van der Waals surface area (Å²) in [5.41, 5.74) is 2.31. The molecule has 2 aromatic rings. The zero-order chi connectivity index (χ0) is 16.7. The van der Waals surface area contributed by atoms with Crippen LogP contribution in [-0.4, -0.2) is 24.2 Å². The van der Waals surface area contributed by atoms with E-state index in [1.807, 2.05) is 37.3 Å². The molecule has 0 heterocycles. The van der Waals surface area contributed by atoms with E-state index in [-0.39, 0.29) is 11.2 Å². The van der Waals surface area contributed by atoms with E-state index < -0.39 is 5.97 Å². The molecule has 2 aromatic carbocycles. The molecule has 4 nitrogen and oxygen atoms in total. The van der Waals surface area contributed by atoms with Crippen molar-refractivity contribution >= 4 is 29.3 Å². The molecule has 1 atom stereocenters. The molecule has 0 aliphatic carbocycles. The molecule has 23 heavy (non-hydrogen) atoms. The van der Waals surface area contributed by atoms with E-state index in [9.17, 15) is 9.59 Å². The second-order valence-corrected chi connectivity index (χ2v) is 6.33. The van der Waals surface area contributed by atoms with Crippen LogP contribution < -0.4 is 5.32 Å². The number of anilines is 1. The van der Waals surface area contributed by atoms with Gasteiger partial charge in [0.15, 0.2) is 0 Å². The van der Waals surface area contributed by atoms with E-state index in [2.05, 4.69) is 10.1 Å². The molecule has 0 bridgehead atoms. The van der Waals surface area contributed by atoms with E-state index in [0.29, 0.717) is 11.3 Å². The summed E-state index contributed by atoms with van der Waals surface area (Å²) in [6.07, 6.45) is 0. The fourth-order valence-electron chi connectivity index (χ4n) is 1.92. The molecule has 0 unspecified atom stereocenters. The van der Waals surface area contributed by atoms with Crippen molar-refractivity contribution in [3.05, 3.63) is 65.7 Å². The van der Waals surface area contributed by atoms with E-state index in [4.69, 9.17) is 0 Å². The second-order valence-electron chi connectivity index (χ2n) is 5.00. The Labute approximate surface area is 140 Å². The normalized spacial score (nSPS) is 11.6. The van der Waals surface area contributed by atoms with Gasteiger partial charge in [-0.15, -0.1) is 11.8 Å². The Morgan fingerprint density at radius 3 is 2.35 bits per heavy atom. The Kier molecular flexibility index (Phi) is 6.23. The number of nitrogens with one attached hydrogen (secondary N) is 1. The molecule has 0 aliphatic heterocycles. The molecule has 0 aliphatic rings. The largest absolute Gasteiger partial charge is 0.465 e. The van der Waals surface area contributed by atoms with Gasteiger partial charge in [-0.1, -0.05) is 30.3 Å². The molecule has 5 heteroatoms. The average molecular weight is 329 g/mol. The number of methoxy groups -OCH3 is 1. The molecule has 120 valence electrons. The number of ether oxygens (including phenoxy) is 1. The van der Waals surface area contributed by atoms with Gasteiger partial charge >= 0.3 is 5.97 Å². The molecule has 1 N–H and O–H groups in total. The number of thioether (sulfide) groups is 1. The highest BCUT2D eigenvalue weighted by molar-refractivity contribution is 7.99. The molecular weight excluding hydrogens is 310 g/mol. The summed E-state index contributed by atoms with van der Waals surface area (Å²) in [5.74, 6) is 0.336. The first-order valence-corrected chi connectivity index (χ1v) is 8.30. The van der Waals surface area contributed by atoms with Crippen molar-refractivity contribution in [3.8, 4) is 0 Å². The van der Waals surface area contributed by atoms with E-state index in [0.717, 1.165) is 5.75 Å². The van der Waals surface area contributed by atoms with Crippen molar-refractivity contribution in [3.63, 3.8) is 0 Å². The van der Waals surface area contributed by atoms with Gasteiger partial charge < -0.3 is 10.1 Å². The number of esters is 1. The van der Waals surface area contributed by atoms with Gasteiger partial charge in [-0.3, -0.25) is 4.79 Å². The van der Waals surface area contributed by atoms with Gasteiger partial charge in [-0.05, 0) is 36.8 Å². The van der Waals surface area contributed by atoms with Crippen LogP contribution >= 0.6 is 11.8 Å². The maximum Gasteiger partial charge on any atom is 0.337 e. The molecule has 1 amide bonds. The SMILES string of the molecule is COC(=O)c1ccc(NC(=O)[C@H](C)SCc2ccccc2)cc1. The third-order valence-electron chi connectivity index (χ3n) is 3.29. The third-order valence-corrected chi connectivity index (χ3v) is 4.50. The van der Waals surface area contributed by atoms with Crippen LogP contribution in [0.1, 0.15) is 22.8 Å². The minimum absolute atomic E-state index is 0.0586. The highest BCUT2D eigenvalue weighted by Gasteiger charge is 2.14. The summed E-state index contributed by atoms with van der Waals surface area (Å²) in [6, 6.07) is 16.7. The molecule has 0 saturated carbocycles. The van der Waals surface area contributed by atoms with Gasteiger partial charge in [-0.2, -0.15) is 0 Å². The average Bonchev–Trinajstić information content (AvgIpc) is 2.60. The fraction of sp³-hybridized carbons (Fsp3) is 0.222. The van der Waals surface area contributed by atoms with Crippen LogP contribution in [0.15, 0.2) is 54.6 Å². The summed E-state index contributed by atoms with van der Waals surface area (Å²) in [5, 5.41) is 2.68.